The first kappa shape index (κ1) is 12.5. The molecule has 1 rings (SSSR count). The average molecular weight is 212 g/mol. The molecule has 1 N–H and O–H groups in total. The molecule has 0 aromatic carbocycles. The monoisotopic (exact) mass is 212 g/mol. The lowest BCUT2D eigenvalue weighted by atomic mass is 10.0. The summed E-state index contributed by atoms with van der Waals surface area (Å²) in [5.74, 6) is 0.259. The van der Waals surface area contributed by atoms with Gasteiger partial charge in [0.25, 0.3) is 0 Å². The van der Waals surface area contributed by atoms with Crippen molar-refractivity contribution >= 4 is 5.91 Å². The Morgan fingerprint density at radius 1 is 1.33 bits per heavy atom. The van der Waals surface area contributed by atoms with E-state index in [0.29, 0.717) is 6.04 Å². The van der Waals surface area contributed by atoms with E-state index in [1.807, 2.05) is 11.9 Å². The van der Waals surface area contributed by atoms with E-state index in [9.17, 15) is 4.79 Å². The smallest absolute Gasteiger partial charge is 0.240 e. The maximum Gasteiger partial charge on any atom is 0.240 e. The lowest BCUT2D eigenvalue weighted by Crippen LogP contribution is -2.55. The molecule has 3 nitrogen and oxygen atoms in total. The maximum absolute atomic E-state index is 12.3. The molecule has 0 bridgehead atoms. The Bertz CT molecular complexity index is 232. The number of carbonyl (C=O) groups excluding carboxylic acids is 1. The maximum atomic E-state index is 12.3. The quantitative estimate of drug-likeness (QED) is 0.718. The Balaban J connectivity index is 2.92. The highest BCUT2D eigenvalue weighted by Gasteiger charge is 2.36. The van der Waals surface area contributed by atoms with Crippen molar-refractivity contribution in [3.63, 3.8) is 0 Å². The molecule has 15 heavy (non-hydrogen) atoms. The number of nitrogens with one attached hydrogen (secondary N) is 1. The van der Waals surface area contributed by atoms with Crippen LogP contribution in [0.3, 0.4) is 0 Å². The highest BCUT2D eigenvalue weighted by atomic mass is 16.2. The summed E-state index contributed by atoms with van der Waals surface area (Å²) in [5, 5.41) is 3.13. The van der Waals surface area contributed by atoms with Gasteiger partial charge in [-0.05, 0) is 54.0 Å². The van der Waals surface area contributed by atoms with Gasteiger partial charge in [-0.1, -0.05) is 0 Å². The summed E-state index contributed by atoms with van der Waals surface area (Å²) < 4.78 is 0. The van der Waals surface area contributed by atoms with Gasteiger partial charge in [0.05, 0.1) is 6.04 Å². The third-order valence-electron chi connectivity index (χ3n) is 3.16. The molecule has 0 aromatic rings. The first-order valence-electron chi connectivity index (χ1n) is 5.88. The van der Waals surface area contributed by atoms with E-state index in [0.717, 1.165) is 19.3 Å². The molecule has 0 aliphatic carbocycles. The first-order valence-corrected chi connectivity index (χ1v) is 5.88. The number of carbonyl (C=O) groups is 1. The van der Waals surface area contributed by atoms with Crippen molar-refractivity contribution in [2.45, 2.75) is 64.6 Å². The second-order valence-corrected chi connectivity index (χ2v) is 5.50. The Morgan fingerprint density at radius 2 is 1.93 bits per heavy atom. The van der Waals surface area contributed by atoms with E-state index >= 15 is 0 Å². The highest BCUT2D eigenvalue weighted by molar-refractivity contribution is 5.83. The molecule has 0 saturated carbocycles. The number of hydrogen-bond acceptors (Lipinski definition) is 2. The summed E-state index contributed by atoms with van der Waals surface area (Å²) in [6, 6.07) is 0.366. The topological polar surface area (TPSA) is 32.3 Å². The number of hydrogen-bond donors (Lipinski definition) is 1. The standard InChI is InChI=1S/C12H24N2O/c1-9-7-6-8-10(13-5)11(15)14(9)12(2,3)4/h9-10,13H,6-8H2,1-5H3. The second kappa shape index (κ2) is 4.52. The van der Waals surface area contributed by atoms with Gasteiger partial charge in [0, 0.05) is 11.6 Å². The third-order valence-corrected chi connectivity index (χ3v) is 3.16. The summed E-state index contributed by atoms with van der Waals surface area (Å²) in [5.41, 5.74) is -0.0735. The summed E-state index contributed by atoms with van der Waals surface area (Å²) in [6.07, 6.45) is 3.21. The van der Waals surface area contributed by atoms with Crippen molar-refractivity contribution in [1.29, 1.82) is 0 Å². The number of likely N-dealkylation sites (N-methyl/N-ethyl adjacent to an activating group) is 1. The van der Waals surface area contributed by atoms with E-state index in [2.05, 4.69) is 33.0 Å². The minimum absolute atomic E-state index is 0.00850. The summed E-state index contributed by atoms with van der Waals surface area (Å²) in [6.45, 7) is 8.49. The van der Waals surface area contributed by atoms with Gasteiger partial charge in [0.2, 0.25) is 5.91 Å². The van der Waals surface area contributed by atoms with E-state index < -0.39 is 0 Å². The lowest BCUT2D eigenvalue weighted by Gasteiger charge is -2.40. The zero-order valence-electron chi connectivity index (χ0n) is 10.6. The number of nitrogens with zero attached hydrogens (tertiary/aromatic N) is 1. The zero-order valence-corrected chi connectivity index (χ0v) is 10.6. The van der Waals surface area contributed by atoms with Crippen LogP contribution in [0.1, 0.15) is 47.0 Å². The molecule has 3 heteroatoms. The van der Waals surface area contributed by atoms with Gasteiger partial charge in [0.1, 0.15) is 0 Å². The molecule has 0 aromatic heterocycles. The molecular weight excluding hydrogens is 188 g/mol. The van der Waals surface area contributed by atoms with E-state index in [1.54, 1.807) is 0 Å². The van der Waals surface area contributed by atoms with Crippen molar-refractivity contribution in [3.05, 3.63) is 0 Å². The Labute approximate surface area is 93.2 Å². The molecule has 0 radical (unpaired) electrons. The fraction of sp³-hybridized carbons (Fsp3) is 0.917. The van der Waals surface area contributed by atoms with E-state index in [1.165, 1.54) is 0 Å². The van der Waals surface area contributed by atoms with Crippen molar-refractivity contribution in [1.82, 2.24) is 10.2 Å². The molecule has 1 amide bonds. The minimum atomic E-state index is -0.0735. The van der Waals surface area contributed by atoms with Gasteiger partial charge < -0.3 is 10.2 Å². The van der Waals surface area contributed by atoms with Gasteiger partial charge in [-0.25, -0.2) is 0 Å². The molecule has 1 saturated heterocycles. The van der Waals surface area contributed by atoms with Crippen LogP contribution in [0.4, 0.5) is 0 Å². The van der Waals surface area contributed by atoms with E-state index in [-0.39, 0.29) is 17.5 Å². The van der Waals surface area contributed by atoms with Crippen LogP contribution < -0.4 is 5.32 Å². The Morgan fingerprint density at radius 3 is 2.40 bits per heavy atom. The Hall–Kier alpha value is -0.570. The van der Waals surface area contributed by atoms with Crippen molar-refractivity contribution in [2.75, 3.05) is 7.05 Å². The van der Waals surface area contributed by atoms with Crippen molar-refractivity contribution < 1.29 is 4.79 Å². The zero-order chi connectivity index (χ0) is 11.6. The van der Waals surface area contributed by atoms with Crippen molar-refractivity contribution in [2.24, 2.45) is 0 Å². The highest BCUT2D eigenvalue weighted by Crippen LogP contribution is 2.25. The number of likely N-dealkylation sites (tertiary alicyclic amines) is 1. The van der Waals surface area contributed by atoms with E-state index in [4.69, 9.17) is 0 Å². The lowest BCUT2D eigenvalue weighted by molar-refractivity contribution is -0.140. The van der Waals surface area contributed by atoms with Gasteiger partial charge in [-0.15, -0.1) is 0 Å². The summed E-state index contributed by atoms with van der Waals surface area (Å²) >= 11 is 0. The predicted molar refractivity (Wildman–Crippen MR) is 62.8 cm³/mol. The van der Waals surface area contributed by atoms with Gasteiger partial charge in [-0.3, -0.25) is 4.79 Å². The molecule has 2 atom stereocenters. The van der Waals surface area contributed by atoms with Crippen LogP contribution in [0.25, 0.3) is 0 Å². The molecule has 0 spiro atoms. The average Bonchev–Trinajstić information content (AvgIpc) is 2.22. The molecule has 1 aliphatic rings. The summed E-state index contributed by atoms with van der Waals surface area (Å²) in [7, 11) is 1.87. The van der Waals surface area contributed by atoms with Crippen LogP contribution in [0.15, 0.2) is 0 Å². The van der Waals surface area contributed by atoms with Crippen LogP contribution in [0.5, 0.6) is 0 Å². The van der Waals surface area contributed by atoms with Gasteiger partial charge in [0.15, 0.2) is 0 Å². The predicted octanol–water partition coefficient (Wildman–Crippen LogP) is 1.77. The van der Waals surface area contributed by atoms with Gasteiger partial charge in [-0.2, -0.15) is 0 Å². The molecule has 88 valence electrons. The molecule has 1 aliphatic heterocycles. The number of amides is 1. The molecular formula is C12H24N2O. The molecule has 1 fully saturated rings. The minimum Gasteiger partial charge on any atom is -0.334 e. The molecule has 2 unspecified atom stereocenters. The van der Waals surface area contributed by atoms with Crippen LogP contribution in [0.2, 0.25) is 0 Å². The van der Waals surface area contributed by atoms with Crippen LogP contribution in [-0.4, -0.2) is 35.5 Å². The Kier molecular flexibility index (Phi) is 3.77. The second-order valence-electron chi connectivity index (χ2n) is 5.50. The fourth-order valence-corrected chi connectivity index (χ4v) is 2.51. The van der Waals surface area contributed by atoms with Gasteiger partial charge >= 0.3 is 0 Å². The number of rotatable bonds is 1. The van der Waals surface area contributed by atoms with Crippen LogP contribution >= 0.6 is 0 Å². The normalized spacial score (nSPS) is 29.1. The SMILES string of the molecule is CNC1CCCC(C)N(C(C)(C)C)C1=O. The first-order chi connectivity index (χ1) is 6.88. The fourth-order valence-electron chi connectivity index (χ4n) is 2.51. The van der Waals surface area contributed by atoms with Crippen LogP contribution in [-0.2, 0) is 4.79 Å². The van der Waals surface area contributed by atoms with Crippen LogP contribution in [0, 0.1) is 0 Å². The third kappa shape index (κ3) is 2.71. The largest absolute Gasteiger partial charge is 0.334 e. The van der Waals surface area contributed by atoms with Crippen molar-refractivity contribution in [3.8, 4) is 0 Å². The summed E-state index contributed by atoms with van der Waals surface area (Å²) in [4.78, 5) is 14.3. The molecule has 1 heterocycles.